The van der Waals surface area contributed by atoms with Gasteiger partial charge < -0.3 is 4.74 Å². The van der Waals surface area contributed by atoms with Crippen LogP contribution in [0.4, 0.5) is 9.18 Å². The average molecular weight is 431 g/mol. The van der Waals surface area contributed by atoms with Crippen LogP contribution in [-0.4, -0.2) is 23.1 Å². The normalized spacial score (nSPS) is 12.0. The standard InChI is InChI=1S/C20H18FN3O5S/c1-3-14-9-11-16(12-10-14)30(27,28)24-13-17(21)18(23(2)20(24)26)22-19(25)29-15-7-5-4-6-8-15/h4-13H,3H2,1-2H3/b22-18+. The lowest BCUT2D eigenvalue weighted by atomic mass is 10.2. The fourth-order valence-electron chi connectivity index (χ4n) is 2.62. The maximum absolute atomic E-state index is 14.6. The third-order valence-electron chi connectivity index (χ3n) is 4.27. The van der Waals surface area contributed by atoms with Gasteiger partial charge in [0.05, 0.1) is 11.1 Å². The van der Waals surface area contributed by atoms with E-state index >= 15 is 0 Å². The van der Waals surface area contributed by atoms with Crippen LogP contribution in [0.15, 0.2) is 75.5 Å². The Labute approximate surface area is 171 Å². The van der Waals surface area contributed by atoms with Crippen molar-refractivity contribution in [3.05, 3.63) is 88.1 Å². The SMILES string of the molecule is CCc1ccc(S(=O)(=O)n2cc(F)/c(=N\C(=O)Oc3ccccc3)n(C)c2=O)cc1. The summed E-state index contributed by atoms with van der Waals surface area (Å²) in [6, 6.07) is 13.9. The Kier molecular flexibility index (Phi) is 5.97. The molecule has 0 N–H and O–H groups in total. The second-order valence-corrected chi connectivity index (χ2v) is 8.05. The van der Waals surface area contributed by atoms with Gasteiger partial charge in [0.15, 0.2) is 11.3 Å². The van der Waals surface area contributed by atoms with Crippen LogP contribution in [0, 0.1) is 5.82 Å². The highest BCUT2D eigenvalue weighted by atomic mass is 32.2. The molecule has 3 rings (SSSR count). The van der Waals surface area contributed by atoms with Crippen LogP contribution in [0.2, 0.25) is 0 Å². The molecule has 0 unspecified atom stereocenters. The third-order valence-corrected chi connectivity index (χ3v) is 5.92. The zero-order chi connectivity index (χ0) is 21.9. The van der Waals surface area contributed by atoms with Gasteiger partial charge in [-0.15, -0.1) is 0 Å². The van der Waals surface area contributed by atoms with E-state index in [-0.39, 0.29) is 14.6 Å². The van der Waals surface area contributed by atoms with Crippen molar-refractivity contribution >= 4 is 16.1 Å². The van der Waals surface area contributed by atoms with Gasteiger partial charge in [-0.3, -0.25) is 4.57 Å². The van der Waals surface area contributed by atoms with Crippen LogP contribution in [0.1, 0.15) is 12.5 Å². The number of ether oxygens (including phenoxy) is 1. The quantitative estimate of drug-likeness (QED) is 0.631. The van der Waals surface area contributed by atoms with Crippen LogP contribution in [0.3, 0.4) is 0 Å². The molecule has 1 heterocycles. The summed E-state index contributed by atoms with van der Waals surface area (Å²) in [6.07, 6.45) is 0.0324. The fourth-order valence-corrected chi connectivity index (χ4v) is 3.89. The number of nitrogens with zero attached hydrogens (tertiary/aromatic N) is 3. The number of hydrogen-bond donors (Lipinski definition) is 0. The van der Waals surface area contributed by atoms with Crippen molar-refractivity contribution < 1.29 is 22.3 Å². The van der Waals surface area contributed by atoms with Gasteiger partial charge >= 0.3 is 11.8 Å². The highest BCUT2D eigenvalue weighted by molar-refractivity contribution is 7.90. The Morgan fingerprint density at radius 1 is 1.10 bits per heavy atom. The van der Waals surface area contributed by atoms with E-state index in [1.54, 1.807) is 30.3 Å². The predicted molar refractivity (Wildman–Crippen MR) is 106 cm³/mol. The maximum Gasteiger partial charge on any atom is 0.441 e. The summed E-state index contributed by atoms with van der Waals surface area (Å²) in [4.78, 5) is 27.8. The zero-order valence-corrected chi connectivity index (χ0v) is 17.0. The Morgan fingerprint density at radius 3 is 2.33 bits per heavy atom. The maximum atomic E-state index is 14.6. The predicted octanol–water partition coefficient (Wildman–Crippen LogP) is 2.22. The molecule has 1 aromatic heterocycles. The lowest BCUT2D eigenvalue weighted by molar-refractivity contribution is 0.209. The van der Waals surface area contributed by atoms with E-state index in [4.69, 9.17) is 4.74 Å². The summed E-state index contributed by atoms with van der Waals surface area (Å²) in [5, 5.41) is 0. The van der Waals surface area contributed by atoms with E-state index in [0.717, 1.165) is 12.6 Å². The lowest BCUT2D eigenvalue weighted by Gasteiger charge is -2.10. The number of aryl methyl sites for hydroxylation is 1. The van der Waals surface area contributed by atoms with E-state index in [0.29, 0.717) is 17.2 Å². The van der Waals surface area contributed by atoms with Crippen molar-refractivity contribution in [1.29, 1.82) is 0 Å². The zero-order valence-electron chi connectivity index (χ0n) is 16.1. The van der Waals surface area contributed by atoms with Gasteiger partial charge in [-0.05, 0) is 36.2 Å². The largest absolute Gasteiger partial charge is 0.441 e. The first-order valence-electron chi connectivity index (χ1n) is 8.88. The Balaban J connectivity index is 2.04. The molecule has 0 aliphatic carbocycles. The molecule has 0 spiro atoms. The van der Waals surface area contributed by atoms with Crippen molar-refractivity contribution in [2.75, 3.05) is 0 Å². The van der Waals surface area contributed by atoms with Gasteiger partial charge in [-0.2, -0.15) is 8.96 Å². The van der Waals surface area contributed by atoms with Crippen LogP contribution in [0.5, 0.6) is 5.75 Å². The number of halogens is 1. The summed E-state index contributed by atoms with van der Waals surface area (Å²) in [5.74, 6) is -1.00. The molecule has 30 heavy (non-hydrogen) atoms. The highest BCUT2D eigenvalue weighted by Gasteiger charge is 2.22. The van der Waals surface area contributed by atoms with Crippen molar-refractivity contribution in [2.45, 2.75) is 18.2 Å². The number of hydrogen-bond acceptors (Lipinski definition) is 5. The van der Waals surface area contributed by atoms with Gasteiger partial charge in [-0.1, -0.05) is 37.3 Å². The second-order valence-electron chi connectivity index (χ2n) is 6.23. The molecule has 10 heteroatoms. The second kappa shape index (κ2) is 8.46. The molecule has 0 fully saturated rings. The Hall–Kier alpha value is -3.53. The Morgan fingerprint density at radius 2 is 1.73 bits per heavy atom. The summed E-state index contributed by atoms with van der Waals surface area (Å²) in [6.45, 7) is 1.91. The van der Waals surface area contributed by atoms with E-state index in [2.05, 4.69) is 4.99 Å². The highest BCUT2D eigenvalue weighted by Crippen LogP contribution is 2.14. The number of rotatable bonds is 4. The molecule has 0 saturated heterocycles. The number of benzene rings is 2. The first kappa shape index (κ1) is 21.2. The lowest BCUT2D eigenvalue weighted by Crippen LogP contribution is -2.43. The molecular weight excluding hydrogens is 413 g/mol. The average Bonchev–Trinajstić information content (AvgIpc) is 2.74. The monoisotopic (exact) mass is 431 g/mol. The molecule has 8 nitrogen and oxygen atoms in total. The number of para-hydroxylation sites is 1. The van der Waals surface area contributed by atoms with Crippen molar-refractivity contribution in [3.63, 3.8) is 0 Å². The van der Waals surface area contributed by atoms with Crippen molar-refractivity contribution in [3.8, 4) is 5.75 Å². The number of carbonyl (C=O) groups is 1. The fraction of sp³-hybridized carbons (Fsp3) is 0.150. The van der Waals surface area contributed by atoms with E-state index < -0.39 is 33.1 Å². The smallest absolute Gasteiger partial charge is 0.409 e. The molecule has 0 atom stereocenters. The van der Waals surface area contributed by atoms with Crippen LogP contribution in [-0.2, 0) is 23.5 Å². The van der Waals surface area contributed by atoms with Crippen LogP contribution < -0.4 is 15.9 Å². The first-order valence-corrected chi connectivity index (χ1v) is 10.3. The minimum Gasteiger partial charge on any atom is -0.409 e. The Bertz CT molecular complexity index is 1310. The molecule has 0 aliphatic heterocycles. The van der Waals surface area contributed by atoms with Crippen molar-refractivity contribution in [1.82, 2.24) is 8.54 Å². The molecule has 2 aromatic carbocycles. The summed E-state index contributed by atoms with van der Waals surface area (Å²) in [7, 11) is -3.24. The molecule has 0 bridgehead atoms. The molecular formula is C20H18FN3O5S. The van der Waals surface area contributed by atoms with Gasteiger partial charge in [0.1, 0.15) is 5.75 Å². The van der Waals surface area contributed by atoms with Crippen LogP contribution >= 0.6 is 0 Å². The molecule has 0 aliphatic rings. The molecule has 156 valence electrons. The minimum atomic E-state index is -4.35. The van der Waals surface area contributed by atoms with E-state index in [9.17, 15) is 22.4 Å². The van der Waals surface area contributed by atoms with Gasteiger partial charge in [0.2, 0.25) is 0 Å². The van der Waals surface area contributed by atoms with Gasteiger partial charge in [-0.25, -0.2) is 22.4 Å². The minimum absolute atomic E-state index is 0.172. The van der Waals surface area contributed by atoms with Crippen LogP contribution in [0.25, 0.3) is 0 Å². The van der Waals surface area contributed by atoms with Crippen molar-refractivity contribution in [2.24, 2.45) is 12.0 Å². The third kappa shape index (κ3) is 4.23. The summed E-state index contributed by atoms with van der Waals surface area (Å²) in [5.41, 5.74) is -0.847. The number of amides is 1. The molecule has 1 amide bonds. The first-order chi connectivity index (χ1) is 14.2. The number of aromatic nitrogens is 2. The molecule has 3 aromatic rings. The molecule has 0 radical (unpaired) electrons. The number of carbonyl (C=O) groups excluding carboxylic acids is 1. The van der Waals surface area contributed by atoms with E-state index in [1.165, 1.54) is 24.3 Å². The summed E-state index contributed by atoms with van der Waals surface area (Å²) >= 11 is 0. The topological polar surface area (TPSA) is 99.7 Å². The summed E-state index contributed by atoms with van der Waals surface area (Å²) < 4.78 is 46.0. The van der Waals surface area contributed by atoms with Gasteiger partial charge in [0, 0.05) is 7.05 Å². The van der Waals surface area contributed by atoms with E-state index in [1.807, 2.05) is 6.92 Å². The van der Waals surface area contributed by atoms with Gasteiger partial charge in [0.25, 0.3) is 10.0 Å². The molecule has 0 saturated carbocycles.